The van der Waals surface area contributed by atoms with Gasteiger partial charge in [-0.25, -0.2) is 0 Å². The fraction of sp³-hybridized carbons (Fsp3) is 0.481. The molecular formula is C27H33N3O3. The van der Waals surface area contributed by atoms with E-state index in [1.165, 1.54) is 12.0 Å². The highest BCUT2D eigenvalue weighted by Gasteiger charge is 2.40. The molecule has 2 aromatic carbocycles. The van der Waals surface area contributed by atoms with E-state index in [2.05, 4.69) is 28.4 Å². The highest BCUT2D eigenvalue weighted by molar-refractivity contribution is 5.96. The van der Waals surface area contributed by atoms with Gasteiger partial charge in [-0.15, -0.1) is 0 Å². The van der Waals surface area contributed by atoms with Gasteiger partial charge in [0.05, 0.1) is 13.7 Å². The van der Waals surface area contributed by atoms with Crippen LogP contribution in [0.25, 0.3) is 0 Å². The van der Waals surface area contributed by atoms with Crippen molar-refractivity contribution < 1.29 is 14.3 Å². The van der Waals surface area contributed by atoms with Crippen molar-refractivity contribution in [1.82, 2.24) is 10.2 Å². The number of anilines is 1. The molecule has 2 bridgehead atoms. The standard InChI is InChI=1S/C27H33N3O3/c1-33-24-12-4-8-20(15-24)27(32)28-21-16-22-10-5-11-23(17-21)30(22)18-26(31)29-14-6-9-19-7-2-3-13-25(19)29/h2-4,7-8,12-13,15,21-23H,5-6,9-11,14,16-18H2,1H3,(H,28,32). The lowest BCUT2D eigenvalue weighted by atomic mass is 9.81. The summed E-state index contributed by atoms with van der Waals surface area (Å²) in [7, 11) is 1.61. The van der Waals surface area contributed by atoms with Gasteiger partial charge in [-0.1, -0.05) is 30.7 Å². The lowest BCUT2D eigenvalue weighted by Gasteiger charge is -2.49. The van der Waals surface area contributed by atoms with E-state index < -0.39 is 0 Å². The summed E-state index contributed by atoms with van der Waals surface area (Å²) in [5, 5.41) is 3.25. The van der Waals surface area contributed by atoms with Gasteiger partial charge in [-0.3, -0.25) is 14.5 Å². The number of rotatable bonds is 5. The summed E-state index contributed by atoms with van der Waals surface area (Å²) in [5.74, 6) is 0.844. The Hall–Kier alpha value is -2.86. The molecule has 3 aliphatic heterocycles. The number of nitrogens with one attached hydrogen (secondary N) is 1. The number of para-hydroxylation sites is 1. The number of fused-ring (bicyclic) bond motifs is 3. The van der Waals surface area contributed by atoms with Gasteiger partial charge in [0.1, 0.15) is 5.75 Å². The molecule has 6 heteroatoms. The van der Waals surface area contributed by atoms with Crippen LogP contribution in [-0.2, 0) is 11.2 Å². The third kappa shape index (κ3) is 4.62. The van der Waals surface area contributed by atoms with E-state index in [4.69, 9.17) is 4.74 Å². The first kappa shape index (κ1) is 22.0. The van der Waals surface area contributed by atoms with E-state index in [0.29, 0.717) is 29.9 Å². The minimum absolute atomic E-state index is 0.0496. The van der Waals surface area contributed by atoms with Crippen LogP contribution in [-0.4, -0.2) is 55.0 Å². The fourth-order valence-corrected chi connectivity index (χ4v) is 5.92. The van der Waals surface area contributed by atoms with E-state index in [-0.39, 0.29) is 17.9 Å². The second-order valence-corrected chi connectivity index (χ2v) is 9.56. The maximum Gasteiger partial charge on any atom is 0.251 e. The zero-order valence-electron chi connectivity index (χ0n) is 19.3. The maximum atomic E-state index is 13.4. The third-order valence-corrected chi connectivity index (χ3v) is 7.52. The van der Waals surface area contributed by atoms with Crippen molar-refractivity contribution in [3.8, 4) is 5.75 Å². The van der Waals surface area contributed by atoms with Crippen molar-refractivity contribution in [3.63, 3.8) is 0 Å². The molecule has 5 rings (SSSR count). The number of ether oxygens (including phenoxy) is 1. The Morgan fingerprint density at radius 2 is 1.82 bits per heavy atom. The topological polar surface area (TPSA) is 61.9 Å². The van der Waals surface area contributed by atoms with Gasteiger partial charge in [-0.05, 0) is 68.4 Å². The summed E-state index contributed by atoms with van der Waals surface area (Å²) in [6, 6.07) is 16.4. The Morgan fingerprint density at radius 1 is 1.03 bits per heavy atom. The van der Waals surface area contributed by atoms with E-state index in [1.807, 2.05) is 29.2 Å². The molecule has 0 aromatic heterocycles. The highest BCUT2D eigenvalue weighted by Crippen LogP contribution is 2.35. The molecule has 174 valence electrons. The smallest absolute Gasteiger partial charge is 0.251 e. The van der Waals surface area contributed by atoms with E-state index in [9.17, 15) is 9.59 Å². The molecule has 0 spiro atoms. The second-order valence-electron chi connectivity index (χ2n) is 9.56. The van der Waals surface area contributed by atoms with Crippen molar-refractivity contribution in [1.29, 1.82) is 0 Å². The molecule has 6 nitrogen and oxygen atoms in total. The van der Waals surface area contributed by atoms with Crippen LogP contribution in [0, 0.1) is 0 Å². The summed E-state index contributed by atoms with van der Waals surface area (Å²) < 4.78 is 5.26. The zero-order chi connectivity index (χ0) is 22.8. The summed E-state index contributed by atoms with van der Waals surface area (Å²) in [5.41, 5.74) is 2.98. The van der Waals surface area contributed by atoms with Crippen LogP contribution in [0.2, 0.25) is 0 Å². The highest BCUT2D eigenvalue weighted by atomic mass is 16.5. The molecule has 0 saturated carbocycles. The van der Waals surface area contributed by atoms with Crippen molar-refractivity contribution in [2.45, 2.75) is 63.1 Å². The van der Waals surface area contributed by atoms with Crippen molar-refractivity contribution >= 4 is 17.5 Å². The lowest BCUT2D eigenvalue weighted by Crippen LogP contribution is -2.59. The molecule has 0 radical (unpaired) electrons. The van der Waals surface area contributed by atoms with E-state index in [0.717, 1.165) is 50.8 Å². The minimum Gasteiger partial charge on any atom is -0.497 e. The van der Waals surface area contributed by atoms with Gasteiger partial charge in [-0.2, -0.15) is 0 Å². The third-order valence-electron chi connectivity index (χ3n) is 7.52. The van der Waals surface area contributed by atoms with Crippen molar-refractivity contribution in [2.75, 3.05) is 25.1 Å². The monoisotopic (exact) mass is 447 g/mol. The first-order chi connectivity index (χ1) is 16.1. The average Bonchev–Trinajstić information content (AvgIpc) is 2.84. The summed E-state index contributed by atoms with van der Waals surface area (Å²) in [6.45, 7) is 1.28. The summed E-state index contributed by atoms with van der Waals surface area (Å²) >= 11 is 0. The number of hydrogen-bond acceptors (Lipinski definition) is 4. The number of aryl methyl sites for hydroxylation is 1. The van der Waals surface area contributed by atoms with Gasteiger partial charge in [0.25, 0.3) is 5.91 Å². The normalized spacial score (nSPS) is 24.6. The van der Waals surface area contributed by atoms with Crippen LogP contribution in [0.4, 0.5) is 5.69 Å². The Labute approximate surface area is 195 Å². The first-order valence-electron chi connectivity index (χ1n) is 12.2. The van der Waals surface area contributed by atoms with Crippen molar-refractivity contribution in [3.05, 3.63) is 59.7 Å². The van der Waals surface area contributed by atoms with Crippen LogP contribution in [0.3, 0.4) is 0 Å². The number of carbonyl (C=O) groups excluding carboxylic acids is 2. The molecular weight excluding hydrogens is 414 g/mol. The fourth-order valence-electron chi connectivity index (χ4n) is 5.92. The summed E-state index contributed by atoms with van der Waals surface area (Å²) in [6.07, 6.45) is 7.24. The van der Waals surface area contributed by atoms with E-state index in [1.54, 1.807) is 13.2 Å². The number of carbonyl (C=O) groups is 2. The van der Waals surface area contributed by atoms with Crippen LogP contribution < -0.4 is 15.0 Å². The number of nitrogens with zero attached hydrogens (tertiary/aromatic N) is 2. The molecule has 1 N–H and O–H groups in total. The number of piperidine rings is 2. The molecule has 2 aromatic rings. The van der Waals surface area contributed by atoms with Gasteiger partial charge < -0.3 is 15.0 Å². The van der Waals surface area contributed by atoms with Crippen molar-refractivity contribution in [2.24, 2.45) is 0 Å². The molecule has 3 heterocycles. The van der Waals surface area contributed by atoms with Gasteiger partial charge in [0.15, 0.2) is 0 Å². The maximum absolute atomic E-state index is 13.4. The summed E-state index contributed by atoms with van der Waals surface area (Å²) in [4.78, 5) is 30.6. The molecule has 3 aliphatic rings. The predicted molar refractivity (Wildman–Crippen MR) is 129 cm³/mol. The number of benzene rings is 2. The molecule has 2 fully saturated rings. The first-order valence-corrected chi connectivity index (χ1v) is 12.2. The number of amides is 2. The van der Waals surface area contributed by atoms with E-state index >= 15 is 0 Å². The lowest BCUT2D eigenvalue weighted by molar-refractivity contribution is -0.122. The van der Waals surface area contributed by atoms with Crippen LogP contribution in [0.1, 0.15) is 54.4 Å². The van der Waals surface area contributed by atoms with Gasteiger partial charge in [0.2, 0.25) is 5.91 Å². The number of hydrogen-bond donors (Lipinski definition) is 1. The van der Waals surface area contributed by atoms with Crippen LogP contribution >= 0.6 is 0 Å². The van der Waals surface area contributed by atoms with Gasteiger partial charge in [0, 0.05) is 35.9 Å². The zero-order valence-corrected chi connectivity index (χ0v) is 19.3. The Morgan fingerprint density at radius 3 is 2.61 bits per heavy atom. The largest absolute Gasteiger partial charge is 0.497 e. The SMILES string of the molecule is COc1cccc(C(=O)NC2CC3CCCC(C2)N3CC(=O)N2CCCc3ccccc32)c1. The Bertz CT molecular complexity index is 1010. The van der Waals surface area contributed by atoms with Crippen LogP contribution in [0.5, 0.6) is 5.75 Å². The quantitative estimate of drug-likeness (QED) is 0.758. The Kier molecular flexibility index (Phi) is 6.36. The van der Waals surface area contributed by atoms with Crippen LogP contribution in [0.15, 0.2) is 48.5 Å². The predicted octanol–water partition coefficient (Wildman–Crippen LogP) is 3.79. The average molecular weight is 448 g/mol. The minimum atomic E-state index is -0.0496. The molecule has 0 aliphatic carbocycles. The molecule has 2 atom stereocenters. The number of methoxy groups -OCH3 is 1. The molecule has 2 amide bonds. The Balaban J connectivity index is 1.24. The molecule has 33 heavy (non-hydrogen) atoms. The van der Waals surface area contributed by atoms with Gasteiger partial charge >= 0.3 is 0 Å². The molecule has 2 saturated heterocycles. The molecule has 2 unspecified atom stereocenters. The second kappa shape index (κ2) is 9.56.